The van der Waals surface area contributed by atoms with E-state index in [1.54, 1.807) is 11.3 Å². The summed E-state index contributed by atoms with van der Waals surface area (Å²) in [5.74, 6) is -0.735. The third-order valence-electron chi connectivity index (χ3n) is 2.73. The van der Waals surface area contributed by atoms with Crippen molar-refractivity contribution in [1.29, 1.82) is 0 Å². The molecule has 6 heteroatoms. The maximum Gasteiger partial charge on any atom is 0.304 e. The molecule has 0 radical (unpaired) electrons. The molecule has 0 spiro atoms. The molecule has 94 valence electrons. The molecule has 17 heavy (non-hydrogen) atoms. The Morgan fingerprint density at radius 2 is 2.35 bits per heavy atom. The molecular formula is C11H13BrClNO2S. The molecule has 0 atom stereocenters. The highest BCUT2D eigenvalue weighted by molar-refractivity contribution is 9.10. The molecule has 1 heterocycles. The first-order chi connectivity index (χ1) is 8.06. The summed E-state index contributed by atoms with van der Waals surface area (Å²) in [5.41, 5.74) is 0. The highest BCUT2D eigenvalue weighted by Crippen LogP contribution is 2.35. The maximum absolute atomic E-state index is 10.6. The van der Waals surface area contributed by atoms with Gasteiger partial charge in [0.2, 0.25) is 0 Å². The van der Waals surface area contributed by atoms with E-state index < -0.39 is 5.97 Å². The van der Waals surface area contributed by atoms with Crippen LogP contribution in [0.3, 0.4) is 0 Å². The standard InChI is InChI=1S/C11H13BrClNO2S/c12-9-5-8(17-11(9)13)6-14(7-1-2-7)4-3-10(15)16/h5,7H,1-4,6H2,(H,15,16). The largest absolute Gasteiger partial charge is 0.481 e. The number of aliphatic carboxylic acids is 1. The number of rotatable bonds is 6. The van der Waals surface area contributed by atoms with Crippen LogP contribution in [-0.2, 0) is 11.3 Å². The van der Waals surface area contributed by atoms with E-state index in [-0.39, 0.29) is 6.42 Å². The van der Waals surface area contributed by atoms with Gasteiger partial charge in [-0.3, -0.25) is 9.69 Å². The quantitative estimate of drug-likeness (QED) is 0.861. The van der Waals surface area contributed by atoms with Crippen molar-refractivity contribution >= 4 is 44.8 Å². The molecule has 1 N–H and O–H groups in total. The van der Waals surface area contributed by atoms with Gasteiger partial charge >= 0.3 is 5.97 Å². The molecule has 1 aromatic heterocycles. The van der Waals surface area contributed by atoms with Crippen LogP contribution in [0.2, 0.25) is 4.34 Å². The first-order valence-corrected chi connectivity index (χ1v) is 7.44. The van der Waals surface area contributed by atoms with Gasteiger partial charge in [-0.15, -0.1) is 11.3 Å². The van der Waals surface area contributed by atoms with E-state index in [0.717, 1.165) is 15.4 Å². The van der Waals surface area contributed by atoms with Crippen molar-refractivity contribution in [3.8, 4) is 0 Å². The second-order valence-corrected chi connectivity index (χ2v) is 6.77. The smallest absolute Gasteiger partial charge is 0.304 e. The normalized spacial score (nSPS) is 15.5. The number of carboxylic acids is 1. The molecule has 1 aromatic rings. The zero-order valence-electron chi connectivity index (χ0n) is 9.16. The Hall–Kier alpha value is -0.100. The molecule has 2 rings (SSSR count). The summed E-state index contributed by atoms with van der Waals surface area (Å²) in [4.78, 5) is 14.0. The van der Waals surface area contributed by atoms with Crippen LogP contribution in [0, 0.1) is 0 Å². The van der Waals surface area contributed by atoms with Crippen molar-refractivity contribution in [3.05, 3.63) is 19.8 Å². The van der Waals surface area contributed by atoms with Gasteiger partial charge in [0.1, 0.15) is 4.34 Å². The van der Waals surface area contributed by atoms with Crippen LogP contribution in [0.4, 0.5) is 0 Å². The van der Waals surface area contributed by atoms with Crippen molar-refractivity contribution in [2.24, 2.45) is 0 Å². The van der Waals surface area contributed by atoms with E-state index in [4.69, 9.17) is 16.7 Å². The van der Waals surface area contributed by atoms with Gasteiger partial charge in [-0.25, -0.2) is 0 Å². The van der Waals surface area contributed by atoms with Crippen LogP contribution in [0.25, 0.3) is 0 Å². The number of hydrogen-bond donors (Lipinski definition) is 1. The number of hydrogen-bond acceptors (Lipinski definition) is 3. The lowest BCUT2D eigenvalue weighted by Gasteiger charge is -2.19. The Bertz CT molecular complexity index is 400. The lowest BCUT2D eigenvalue weighted by Crippen LogP contribution is -2.27. The number of carboxylic acid groups (broad SMARTS) is 1. The molecule has 1 saturated carbocycles. The minimum atomic E-state index is -0.735. The van der Waals surface area contributed by atoms with Crippen LogP contribution < -0.4 is 0 Å². The van der Waals surface area contributed by atoms with Crippen LogP contribution in [0.15, 0.2) is 10.5 Å². The molecule has 0 amide bonds. The third-order valence-corrected chi connectivity index (χ3v) is 5.19. The van der Waals surface area contributed by atoms with Gasteiger partial charge in [0.25, 0.3) is 0 Å². The fraction of sp³-hybridized carbons (Fsp3) is 0.545. The molecule has 1 fully saturated rings. The number of halogens is 2. The molecular weight excluding hydrogens is 326 g/mol. The summed E-state index contributed by atoms with van der Waals surface area (Å²) in [7, 11) is 0. The minimum Gasteiger partial charge on any atom is -0.481 e. The minimum absolute atomic E-state index is 0.205. The van der Waals surface area contributed by atoms with Crippen molar-refractivity contribution in [2.45, 2.75) is 31.8 Å². The molecule has 1 aliphatic rings. The predicted octanol–water partition coefficient (Wildman–Crippen LogP) is 3.60. The summed E-state index contributed by atoms with van der Waals surface area (Å²) in [6.07, 6.45) is 2.57. The van der Waals surface area contributed by atoms with E-state index >= 15 is 0 Å². The molecule has 3 nitrogen and oxygen atoms in total. The van der Waals surface area contributed by atoms with Gasteiger partial charge < -0.3 is 5.11 Å². The summed E-state index contributed by atoms with van der Waals surface area (Å²) in [6.45, 7) is 1.42. The molecule has 0 aliphatic heterocycles. The van der Waals surface area contributed by atoms with Crippen molar-refractivity contribution in [1.82, 2.24) is 4.90 Å². The average Bonchev–Trinajstić information content (AvgIpc) is 3.02. The lowest BCUT2D eigenvalue weighted by molar-refractivity contribution is -0.137. The van der Waals surface area contributed by atoms with Gasteiger partial charge in [-0.1, -0.05) is 11.6 Å². The zero-order valence-corrected chi connectivity index (χ0v) is 12.3. The van der Waals surface area contributed by atoms with E-state index in [2.05, 4.69) is 20.8 Å². The average molecular weight is 339 g/mol. The molecule has 0 aromatic carbocycles. The van der Waals surface area contributed by atoms with Crippen LogP contribution in [0.1, 0.15) is 24.1 Å². The fourth-order valence-electron chi connectivity index (χ4n) is 1.74. The lowest BCUT2D eigenvalue weighted by atomic mass is 10.3. The van der Waals surface area contributed by atoms with Crippen molar-refractivity contribution in [2.75, 3.05) is 6.54 Å². The SMILES string of the molecule is O=C(O)CCN(Cc1cc(Br)c(Cl)s1)C1CC1. The van der Waals surface area contributed by atoms with Crippen LogP contribution in [0.5, 0.6) is 0 Å². The van der Waals surface area contributed by atoms with Gasteiger partial charge in [0.05, 0.1) is 6.42 Å². The van der Waals surface area contributed by atoms with Gasteiger partial charge in [-0.05, 0) is 34.8 Å². The second-order valence-electron chi connectivity index (χ2n) is 4.18. The predicted molar refractivity (Wildman–Crippen MR) is 72.7 cm³/mol. The second kappa shape index (κ2) is 5.69. The van der Waals surface area contributed by atoms with E-state index in [1.807, 2.05) is 6.07 Å². The Morgan fingerprint density at radius 3 is 2.82 bits per heavy atom. The molecule has 1 aliphatic carbocycles. The van der Waals surface area contributed by atoms with E-state index in [9.17, 15) is 4.79 Å². The maximum atomic E-state index is 10.6. The number of carbonyl (C=O) groups is 1. The van der Waals surface area contributed by atoms with Gasteiger partial charge in [0.15, 0.2) is 0 Å². The first-order valence-electron chi connectivity index (χ1n) is 5.46. The Morgan fingerprint density at radius 1 is 1.65 bits per heavy atom. The van der Waals surface area contributed by atoms with E-state index in [0.29, 0.717) is 12.6 Å². The van der Waals surface area contributed by atoms with Crippen LogP contribution >= 0.6 is 38.9 Å². The Kier molecular flexibility index (Phi) is 4.47. The molecule has 0 bridgehead atoms. The summed E-state index contributed by atoms with van der Waals surface area (Å²) in [5, 5.41) is 8.73. The van der Waals surface area contributed by atoms with E-state index in [1.165, 1.54) is 17.7 Å². The zero-order chi connectivity index (χ0) is 12.4. The summed E-state index contributed by atoms with van der Waals surface area (Å²) in [6, 6.07) is 2.58. The monoisotopic (exact) mass is 337 g/mol. The summed E-state index contributed by atoms with van der Waals surface area (Å²) < 4.78 is 1.68. The Balaban J connectivity index is 1.95. The summed E-state index contributed by atoms with van der Waals surface area (Å²) >= 11 is 10.9. The van der Waals surface area contributed by atoms with Gasteiger partial charge in [-0.2, -0.15) is 0 Å². The first kappa shape index (κ1) is 13.3. The fourth-order valence-corrected chi connectivity index (χ4v) is 3.56. The third kappa shape index (κ3) is 3.95. The van der Waals surface area contributed by atoms with Crippen molar-refractivity contribution in [3.63, 3.8) is 0 Å². The number of thiophene rings is 1. The van der Waals surface area contributed by atoms with Crippen molar-refractivity contribution < 1.29 is 9.90 Å². The highest BCUT2D eigenvalue weighted by atomic mass is 79.9. The highest BCUT2D eigenvalue weighted by Gasteiger charge is 2.29. The number of nitrogens with zero attached hydrogens (tertiary/aromatic N) is 1. The topological polar surface area (TPSA) is 40.5 Å². The Labute approximate surface area is 118 Å². The van der Waals surface area contributed by atoms with Crippen LogP contribution in [-0.4, -0.2) is 28.6 Å². The molecule has 0 saturated heterocycles. The molecule has 0 unspecified atom stereocenters. The van der Waals surface area contributed by atoms with Gasteiger partial charge in [0, 0.05) is 28.5 Å².